The number of hydrogen-bond donors (Lipinski definition) is 2. The smallest absolute Gasteiger partial charge is 0.226 e. The second-order valence-corrected chi connectivity index (χ2v) is 12.5. The molecule has 1 amide bonds. The molecule has 0 bridgehead atoms. The van der Waals surface area contributed by atoms with Crippen LogP contribution < -0.4 is 10.2 Å². The molecule has 1 aromatic carbocycles. The zero-order valence-electron chi connectivity index (χ0n) is 21.2. The first kappa shape index (κ1) is 24.7. The molecule has 0 atom stereocenters. The Morgan fingerprint density at radius 2 is 1.40 bits per heavy atom. The molecule has 0 radical (unpaired) electrons. The minimum Gasteiger partial charge on any atom is -0.508 e. The minimum atomic E-state index is -0.210. The highest BCUT2D eigenvalue weighted by atomic mass is 16.3. The normalized spacial score (nSPS) is 19.6. The van der Waals surface area contributed by atoms with Crippen LogP contribution in [-0.4, -0.2) is 28.1 Å². The fourth-order valence-electron chi connectivity index (χ4n) is 5.15. The number of phenolic OH excluding ortho intramolecular Hbond substituents is 1. The van der Waals surface area contributed by atoms with Crippen LogP contribution in [0.4, 0.5) is 5.69 Å². The Hall–Kier alpha value is -1.55. The van der Waals surface area contributed by atoms with Gasteiger partial charge in [0.1, 0.15) is 5.75 Å². The molecule has 170 valence electrons. The zero-order valence-corrected chi connectivity index (χ0v) is 21.2. The summed E-state index contributed by atoms with van der Waals surface area (Å²) in [6.07, 6.45) is 2.23. The maximum Gasteiger partial charge on any atom is 0.226 e. The molecule has 0 saturated carbocycles. The molecule has 1 saturated heterocycles. The second kappa shape index (κ2) is 7.85. The van der Waals surface area contributed by atoms with Gasteiger partial charge in [0, 0.05) is 23.5 Å². The van der Waals surface area contributed by atoms with Crippen molar-refractivity contribution in [3.05, 3.63) is 23.3 Å². The van der Waals surface area contributed by atoms with E-state index in [0.717, 1.165) is 29.7 Å². The SMILES string of the molecule is CCC(=O)N(c1c(C(C)(C)C)cc(O)cc1C(C)(C)C)C1CC(C)(C)NC(C)(C)C1. The zero-order chi connectivity index (χ0) is 23.3. The molecule has 1 heterocycles. The summed E-state index contributed by atoms with van der Waals surface area (Å²) in [5, 5.41) is 14.3. The third kappa shape index (κ3) is 5.38. The lowest BCUT2D eigenvalue weighted by atomic mass is 9.75. The van der Waals surface area contributed by atoms with Gasteiger partial charge in [-0.2, -0.15) is 0 Å². The molecule has 1 aliphatic heterocycles. The number of aromatic hydroxyl groups is 1. The van der Waals surface area contributed by atoms with Gasteiger partial charge in [-0.3, -0.25) is 4.79 Å². The molecule has 2 N–H and O–H groups in total. The summed E-state index contributed by atoms with van der Waals surface area (Å²) >= 11 is 0. The molecule has 4 nitrogen and oxygen atoms in total. The van der Waals surface area contributed by atoms with Gasteiger partial charge in [0.15, 0.2) is 0 Å². The number of hydrogen-bond acceptors (Lipinski definition) is 3. The summed E-state index contributed by atoms with van der Waals surface area (Å²) in [4.78, 5) is 15.6. The molecule has 1 aromatic rings. The monoisotopic (exact) mass is 416 g/mol. The van der Waals surface area contributed by atoms with Crippen molar-refractivity contribution in [1.82, 2.24) is 5.32 Å². The lowest BCUT2D eigenvalue weighted by Crippen LogP contribution is -2.63. The van der Waals surface area contributed by atoms with Gasteiger partial charge in [0.05, 0.1) is 5.69 Å². The van der Waals surface area contributed by atoms with Crippen LogP contribution in [0.5, 0.6) is 5.75 Å². The highest BCUT2D eigenvalue weighted by molar-refractivity contribution is 5.96. The number of anilines is 1. The van der Waals surface area contributed by atoms with E-state index in [1.165, 1.54) is 0 Å². The van der Waals surface area contributed by atoms with Gasteiger partial charge in [0.2, 0.25) is 5.91 Å². The van der Waals surface area contributed by atoms with Crippen LogP contribution in [0.2, 0.25) is 0 Å². The number of phenols is 1. The number of carbonyl (C=O) groups excluding carboxylic acids is 1. The average molecular weight is 417 g/mol. The highest BCUT2D eigenvalue weighted by Crippen LogP contribution is 2.45. The van der Waals surface area contributed by atoms with Gasteiger partial charge in [-0.15, -0.1) is 0 Å². The van der Waals surface area contributed by atoms with Crippen LogP contribution in [0.1, 0.15) is 107 Å². The Morgan fingerprint density at radius 1 is 1.00 bits per heavy atom. The number of carbonyl (C=O) groups is 1. The van der Waals surface area contributed by atoms with Crippen molar-refractivity contribution in [3.63, 3.8) is 0 Å². The Kier molecular flexibility index (Phi) is 6.47. The second-order valence-electron chi connectivity index (χ2n) is 12.5. The van der Waals surface area contributed by atoms with Crippen LogP contribution in [-0.2, 0) is 15.6 Å². The first-order valence-electron chi connectivity index (χ1n) is 11.4. The first-order valence-corrected chi connectivity index (χ1v) is 11.4. The molecule has 0 aliphatic carbocycles. The standard InChI is InChI=1S/C26H44N2O2/c1-12-21(30)28(17-15-25(8,9)27-26(10,11)16-17)22-19(23(2,3)4)13-18(29)14-20(22)24(5,6)7/h13-14,17,27,29H,12,15-16H2,1-11H3. The van der Waals surface area contributed by atoms with Crippen LogP contribution in [0.3, 0.4) is 0 Å². The van der Waals surface area contributed by atoms with Crippen molar-refractivity contribution in [1.29, 1.82) is 0 Å². The predicted octanol–water partition coefficient (Wildman–Crippen LogP) is 6.04. The van der Waals surface area contributed by atoms with E-state index in [0.29, 0.717) is 6.42 Å². The van der Waals surface area contributed by atoms with Crippen LogP contribution in [0, 0.1) is 0 Å². The van der Waals surface area contributed by atoms with E-state index >= 15 is 0 Å². The van der Waals surface area contributed by atoms with E-state index in [9.17, 15) is 9.90 Å². The third-order valence-electron chi connectivity index (χ3n) is 6.06. The largest absolute Gasteiger partial charge is 0.508 e. The van der Waals surface area contributed by atoms with E-state index in [-0.39, 0.29) is 39.6 Å². The summed E-state index contributed by atoms with van der Waals surface area (Å²) in [5.74, 6) is 0.415. The minimum absolute atomic E-state index is 0.0700. The van der Waals surface area contributed by atoms with Crippen molar-refractivity contribution < 1.29 is 9.90 Å². The molecule has 1 fully saturated rings. The van der Waals surface area contributed by atoms with E-state index in [4.69, 9.17) is 0 Å². The van der Waals surface area contributed by atoms with Gasteiger partial charge in [-0.25, -0.2) is 0 Å². The Bertz CT molecular complexity index is 743. The molecule has 0 aromatic heterocycles. The highest BCUT2D eigenvalue weighted by Gasteiger charge is 2.43. The maximum atomic E-state index is 13.5. The quantitative estimate of drug-likeness (QED) is 0.631. The summed E-state index contributed by atoms with van der Waals surface area (Å²) in [7, 11) is 0. The van der Waals surface area contributed by atoms with Gasteiger partial charge < -0.3 is 15.3 Å². The van der Waals surface area contributed by atoms with E-state index in [1.54, 1.807) is 0 Å². The molecule has 0 unspecified atom stereocenters. The Labute approximate surface area is 184 Å². The third-order valence-corrected chi connectivity index (χ3v) is 6.06. The fraction of sp³-hybridized carbons (Fsp3) is 0.731. The van der Waals surface area contributed by atoms with Gasteiger partial charge >= 0.3 is 0 Å². The van der Waals surface area contributed by atoms with E-state index in [1.807, 2.05) is 19.1 Å². The summed E-state index contributed by atoms with van der Waals surface area (Å²) in [5.41, 5.74) is 2.50. The molecule has 30 heavy (non-hydrogen) atoms. The summed E-state index contributed by atoms with van der Waals surface area (Å²) < 4.78 is 0. The topological polar surface area (TPSA) is 52.6 Å². The maximum absolute atomic E-state index is 13.5. The molecule has 0 spiro atoms. The number of nitrogens with zero attached hydrogens (tertiary/aromatic N) is 1. The van der Waals surface area contributed by atoms with Crippen molar-refractivity contribution in [2.75, 3.05) is 4.90 Å². The van der Waals surface area contributed by atoms with Crippen molar-refractivity contribution in [2.45, 2.75) is 123 Å². The number of amides is 1. The average Bonchev–Trinajstić information content (AvgIpc) is 2.50. The predicted molar refractivity (Wildman–Crippen MR) is 128 cm³/mol. The van der Waals surface area contributed by atoms with Crippen molar-refractivity contribution in [2.24, 2.45) is 0 Å². The molecular formula is C26H44N2O2. The van der Waals surface area contributed by atoms with Gasteiger partial charge in [0.25, 0.3) is 0 Å². The number of piperidine rings is 1. The van der Waals surface area contributed by atoms with Crippen molar-refractivity contribution in [3.8, 4) is 5.75 Å². The van der Waals surface area contributed by atoms with E-state index < -0.39 is 0 Å². The van der Waals surface area contributed by atoms with Crippen LogP contribution >= 0.6 is 0 Å². The summed E-state index contributed by atoms with van der Waals surface area (Å²) in [6.45, 7) is 23.8. The molecule has 4 heteroatoms. The fourth-order valence-corrected chi connectivity index (χ4v) is 5.15. The number of nitrogens with one attached hydrogen (secondary N) is 1. The molecule has 1 aliphatic rings. The first-order chi connectivity index (χ1) is 13.4. The number of rotatable bonds is 3. The van der Waals surface area contributed by atoms with Gasteiger partial charge in [-0.1, -0.05) is 48.5 Å². The van der Waals surface area contributed by atoms with Gasteiger partial charge in [-0.05, 0) is 74.6 Å². The van der Waals surface area contributed by atoms with Crippen LogP contribution in [0.25, 0.3) is 0 Å². The summed E-state index contributed by atoms with van der Waals surface area (Å²) in [6, 6.07) is 3.81. The van der Waals surface area contributed by atoms with E-state index in [2.05, 4.69) is 79.5 Å². The lowest BCUT2D eigenvalue weighted by molar-refractivity contribution is -0.119. The van der Waals surface area contributed by atoms with Crippen molar-refractivity contribution >= 4 is 11.6 Å². The number of benzene rings is 1. The van der Waals surface area contributed by atoms with Crippen LogP contribution in [0.15, 0.2) is 12.1 Å². The lowest BCUT2D eigenvalue weighted by Gasteiger charge is -2.50. The molecular weight excluding hydrogens is 372 g/mol. The Morgan fingerprint density at radius 3 is 1.73 bits per heavy atom. The molecule has 2 rings (SSSR count). The Balaban J connectivity index is 2.84.